The molecule has 0 aliphatic carbocycles. The zero-order valence-corrected chi connectivity index (χ0v) is 11.4. The van der Waals surface area contributed by atoms with Crippen LogP contribution in [0, 0.1) is 0 Å². The first-order valence-corrected chi connectivity index (χ1v) is 6.39. The fourth-order valence-corrected chi connectivity index (χ4v) is 1.73. The first-order chi connectivity index (χ1) is 9.21. The molecule has 102 valence electrons. The smallest absolute Gasteiger partial charge is 0.242 e. The average Bonchev–Trinajstić information content (AvgIpc) is 2.84. The quantitative estimate of drug-likeness (QED) is 0.869. The molecule has 0 unspecified atom stereocenters. The molecule has 0 amide bonds. The van der Waals surface area contributed by atoms with E-state index >= 15 is 0 Å². The monoisotopic (exact) mass is 262 g/mol. The number of rotatable bonds is 5. The summed E-state index contributed by atoms with van der Waals surface area (Å²) in [6, 6.07) is 0. The molecule has 0 saturated heterocycles. The molecule has 7 heteroatoms. The predicted molar refractivity (Wildman–Crippen MR) is 71.3 cm³/mol. The molecule has 0 bridgehead atoms. The van der Waals surface area contributed by atoms with Crippen LogP contribution in [0.2, 0.25) is 0 Å². The zero-order chi connectivity index (χ0) is 13.8. The molecule has 7 nitrogen and oxygen atoms in total. The highest BCUT2D eigenvalue weighted by atomic mass is 16.5. The van der Waals surface area contributed by atoms with E-state index < -0.39 is 0 Å². The van der Waals surface area contributed by atoms with Crippen LogP contribution in [0.4, 0.5) is 5.69 Å². The Labute approximate surface area is 111 Å². The molecule has 2 aromatic heterocycles. The van der Waals surface area contributed by atoms with E-state index in [0.29, 0.717) is 24.0 Å². The predicted octanol–water partition coefficient (Wildman–Crippen LogP) is 1.16. The zero-order valence-electron chi connectivity index (χ0n) is 11.4. The van der Waals surface area contributed by atoms with Gasteiger partial charge in [-0.1, -0.05) is 13.8 Å². The van der Waals surface area contributed by atoms with E-state index in [4.69, 9.17) is 10.5 Å². The van der Waals surface area contributed by atoms with Crippen LogP contribution >= 0.6 is 0 Å². The summed E-state index contributed by atoms with van der Waals surface area (Å²) in [5.74, 6) is 2.49. The van der Waals surface area contributed by atoms with Gasteiger partial charge in [-0.15, -0.1) is 5.10 Å². The number of anilines is 1. The Bertz CT molecular complexity index is 565. The Morgan fingerprint density at radius 1 is 1.21 bits per heavy atom. The third-order valence-electron chi connectivity index (χ3n) is 2.66. The molecule has 0 radical (unpaired) electrons. The van der Waals surface area contributed by atoms with Gasteiger partial charge in [-0.05, 0) is 6.92 Å². The van der Waals surface area contributed by atoms with E-state index in [1.165, 1.54) is 6.33 Å². The van der Waals surface area contributed by atoms with Crippen LogP contribution in [-0.4, -0.2) is 31.3 Å². The van der Waals surface area contributed by atoms with Crippen molar-refractivity contribution in [1.29, 1.82) is 0 Å². The van der Waals surface area contributed by atoms with Crippen LogP contribution in [-0.2, 0) is 12.8 Å². The van der Waals surface area contributed by atoms with Gasteiger partial charge in [0, 0.05) is 12.8 Å². The summed E-state index contributed by atoms with van der Waals surface area (Å²) in [6.07, 6.45) is 2.94. The lowest BCUT2D eigenvalue weighted by molar-refractivity contribution is 0.328. The van der Waals surface area contributed by atoms with Crippen molar-refractivity contribution >= 4 is 5.69 Å². The summed E-state index contributed by atoms with van der Waals surface area (Å²) in [7, 11) is 0. The molecule has 0 aliphatic heterocycles. The fourth-order valence-electron chi connectivity index (χ4n) is 1.73. The summed E-state index contributed by atoms with van der Waals surface area (Å²) in [4.78, 5) is 12.6. The third kappa shape index (κ3) is 2.49. The van der Waals surface area contributed by atoms with Gasteiger partial charge in [0.25, 0.3) is 0 Å². The Hall–Kier alpha value is -2.18. The molecule has 0 spiro atoms. The molecule has 0 aromatic carbocycles. The Morgan fingerprint density at radius 3 is 2.63 bits per heavy atom. The van der Waals surface area contributed by atoms with Crippen LogP contribution < -0.4 is 10.5 Å². The van der Waals surface area contributed by atoms with Gasteiger partial charge in [0.05, 0.1) is 6.61 Å². The van der Waals surface area contributed by atoms with Crippen LogP contribution in [0.15, 0.2) is 6.33 Å². The van der Waals surface area contributed by atoms with Gasteiger partial charge >= 0.3 is 0 Å². The molecule has 2 rings (SSSR count). The molecular weight excluding hydrogens is 244 g/mol. The molecule has 0 fully saturated rings. The summed E-state index contributed by atoms with van der Waals surface area (Å²) in [5.41, 5.74) is 6.42. The highest BCUT2D eigenvalue weighted by Crippen LogP contribution is 2.24. The van der Waals surface area contributed by atoms with Crippen LogP contribution in [0.1, 0.15) is 32.4 Å². The molecule has 2 N–H and O–H groups in total. The van der Waals surface area contributed by atoms with Gasteiger partial charge < -0.3 is 10.5 Å². The Morgan fingerprint density at radius 2 is 2.00 bits per heavy atom. The summed E-state index contributed by atoms with van der Waals surface area (Å²) in [5, 5.41) is 4.41. The second kappa shape index (κ2) is 5.64. The maximum atomic E-state index is 6.04. The van der Waals surface area contributed by atoms with Crippen molar-refractivity contribution in [1.82, 2.24) is 24.7 Å². The largest absolute Gasteiger partial charge is 0.476 e. The van der Waals surface area contributed by atoms with Crippen molar-refractivity contribution in [2.75, 3.05) is 12.3 Å². The maximum absolute atomic E-state index is 6.04. The molecular formula is C12H18N6O. The highest BCUT2D eigenvalue weighted by molar-refractivity contribution is 5.59. The van der Waals surface area contributed by atoms with E-state index in [2.05, 4.69) is 20.1 Å². The minimum absolute atomic E-state index is 0.378. The van der Waals surface area contributed by atoms with E-state index in [1.807, 2.05) is 20.8 Å². The maximum Gasteiger partial charge on any atom is 0.242 e. The van der Waals surface area contributed by atoms with Crippen molar-refractivity contribution < 1.29 is 4.74 Å². The van der Waals surface area contributed by atoms with Crippen LogP contribution in [0.25, 0.3) is 5.82 Å². The van der Waals surface area contributed by atoms with Gasteiger partial charge in [-0.2, -0.15) is 9.67 Å². The van der Waals surface area contributed by atoms with Gasteiger partial charge in [-0.25, -0.2) is 9.97 Å². The van der Waals surface area contributed by atoms with Gasteiger partial charge in [0.15, 0.2) is 11.6 Å². The Balaban J connectivity index is 2.52. The first-order valence-electron chi connectivity index (χ1n) is 6.39. The number of hydrogen-bond donors (Lipinski definition) is 1. The molecule has 2 aromatic rings. The number of nitrogen functional groups attached to an aromatic ring is 1. The summed E-state index contributed by atoms with van der Waals surface area (Å²) in [6.45, 7) is 6.40. The van der Waals surface area contributed by atoms with Crippen molar-refractivity contribution in [2.24, 2.45) is 0 Å². The van der Waals surface area contributed by atoms with E-state index in [0.717, 1.165) is 24.5 Å². The van der Waals surface area contributed by atoms with Crippen LogP contribution in [0.5, 0.6) is 5.88 Å². The minimum atomic E-state index is 0.378. The minimum Gasteiger partial charge on any atom is -0.476 e. The lowest BCUT2D eigenvalue weighted by Gasteiger charge is -2.09. The van der Waals surface area contributed by atoms with Crippen molar-refractivity contribution in [3.05, 3.63) is 18.0 Å². The second-order valence-corrected chi connectivity index (χ2v) is 3.91. The highest BCUT2D eigenvalue weighted by Gasteiger charge is 2.16. The first kappa shape index (κ1) is 13.3. The second-order valence-electron chi connectivity index (χ2n) is 3.91. The molecule has 0 saturated carbocycles. The molecule has 19 heavy (non-hydrogen) atoms. The van der Waals surface area contributed by atoms with Crippen molar-refractivity contribution in [3.63, 3.8) is 0 Å². The van der Waals surface area contributed by atoms with E-state index in [-0.39, 0.29) is 0 Å². The number of nitrogens with two attached hydrogens (primary N) is 1. The lowest BCUT2D eigenvalue weighted by atomic mass is 10.4. The number of hydrogen-bond acceptors (Lipinski definition) is 6. The normalized spacial score (nSPS) is 10.7. The third-order valence-corrected chi connectivity index (χ3v) is 2.66. The topological polar surface area (TPSA) is 91.7 Å². The fraction of sp³-hybridized carbons (Fsp3) is 0.500. The van der Waals surface area contributed by atoms with Crippen molar-refractivity contribution in [3.8, 4) is 11.7 Å². The SMILES string of the molecule is CCOc1ncnc(-n2nc(CC)nc2CC)c1N. The van der Waals surface area contributed by atoms with Crippen molar-refractivity contribution in [2.45, 2.75) is 33.6 Å². The van der Waals surface area contributed by atoms with Gasteiger partial charge in [0.2, 0.25) is 5.88 Å². The van der Waals surface area contributed by atoms with Gasteiger partial charge in [0.1, 0.15) is 17.8 Å². The molecule has 0 atom stereocenters. The lowest BCUT2D eigenvalue weighted by Crippen LogP contribution is -2.10. The Kier molecular flexibility index (Phi) is 3.94. The number of nitrogens with zero attached hydrogens (tertiary/aromatic N) is 5. The van der Waals surface area contributed by atoms with Gasteiger partial charge in [-0.3, -0.25) is 0 Å². The van der Waals surface area contributed by atoms with E-state index in [9.17, 15) is 0 Å². The number of aromatic nitrogens is 5. The average molecular weight is 262 g/mol. The van der Waals surface area contributed by atoms with E-state index in [1.54, 1.807) is 4.68 Å². The number of ether oxygens (including phenoxy) is 1. The van der Waals surface area contributed by atoms with Crippen LogP contribution in [0.3, 0.4) is 0 Å². The summed E-state index contributed by atoms with van der Waals surface area (Å²) < 4.78 is 7.03. The number of aryl methyl sites for hydroxylation is 2. The standard InChI is InChI=1S/C12H18N6O/c1-4-8-16-9(5-2)18(17-8)11-10(13)12(19-6-3)15-7-14-11/h7H,4-6,13H2,1-3H3. The molecule has 2 heterocycles. The summed E-state index contributed by atoms with van der Waals surface area (Å²) >= 11 is 0. The molecule has 0 aliphatic rings.